The first-order valence-electron chi connectivity index (χ1n) is 2.75. The van der Waals surface area contributed by atoms with Crippen molar-refractivity contribution in [2.45, 2.75) is 6.92 Å². The van der Waals surface area contributed by atoms with Crippen molar-refractivity contribution in [3.05, 3.63) is 22.0 Å². The van der Waals surface area contributed by atoms with Gasteiger partial charge in [0.1, 0.15) is 0 Å². The average Bonchev–Trinajstić information content (AvgIpc) is 1.89. The number of nitrogens with one attached hydrogen (secondary N) is 1. The normalized spacial score (nSPS) is 10.7. The van der Waals surface area contributed by atoms with E-state index in [0.29, 0.717) is 6.54 Å². The molecule has 1 N–H and O–H groups in total. The minimum Gasteiger partial charge on any atom is -0.386 e. The van der Waals surface area contributed by atoms with Gasteiger partial charge in [0.15, 0.2) is 0 Å². The molecule has 0 aliphatic rings. The Labute approximate surface area is 57.9 Å². The molecule has 0 atom stereocenters. The molecule has 0 amide bonds. The standard InChI is InChI=1S/C5H8N2O3/c1-2-6-3-5(4-8)7(9)10/h3-4,6H,2H2,1H3/b5-3+. The molecule has 0 heterocycles. The van der Waals surface area contributed by atoms with E-state index in [9.17, 15) is 14.9 Å². The lowest BCUT2D eigenvalue weighted by atomic mass is 10.5. The second-order valence-electron chi connectivity index (χ2n) is 1.50. The van der Waals surface area contributed by atoms with Crippen molar-refractivity contribution in [3.8, 4) is 0 Å². The minimum atomic E-state index is -0.740. The van der Waals surface area contributed by atoms with Gasteiger partial charge in [-0.15, -0.1) is 0 Å². The van der Waals surface area contributed by atoms with Crippen LogP contribution in [0.2, 0.25) is 0 Å². The molecule has 0 aliphatic carbocycles. The number of aldehydes is 1. The molecule has 0 unspecified atom stereocenters. The van der Waals surface area contributed by atoms with Gasteiger partial charge in [-0.05, 0) is 6.92 Å². The first-order chi connectivity index (χ1) is 4.72. The van der Waals surface area contributed by atoms with E-state index >= 15 is 0 Å². The van der Waals surface area contributed by atoms with E-state index < -0.39 is 10.6 Å². The fraction of sp³-hybridized carbons (Fsp3) is 0.400. The molecule has 0 saturated heterocycles. The van der Waals surface area contributed by atoms with Gasteiger partial charge in [-0.2, -0.15) is 0 Å². The van der Waals surface area contributed by atoms with E-state index in [2.05, 4.69) is 5.32 Å². The van der Waals surface area contributed by atoms with Gasteiger partial charge in [0, 0.05) is 6.54 Å². The fourth-order valence-corrected chi connectivity index (χ4v) is 0.336. The van der Waals surface area contributed by atoms with Crippen molar-refractivity contribution in [2.75, 3.05) is 6.54 Å². The van der Waals surface area contributed by atoms with Gasteiger partial charge >= 0.3 is 5.70 Å². The lowest BCUT2D eigenvalue weighted by molar-refractivity contribution is -0.417. The first kappa shape index (κ1) is 8.61. The zero-order valence-corrected chi connectivity index (χ0v) is 5.53. The summed E-state index contributed by atoms with van der Waals surface area (Å²) in [4.78, 5) is 19.1. The Morgan fingerprint density at radius 1 is 1.80 bits per heavy atom. The lowest BCUT2D eigenvalue weighted by Gasteiger charge is -1.90. The quantitative estimate of drug-likeness (QED) is 0.259. The Hall–Kier alpha value is -1.39. The summed E-state index contributed by atoms with van der Waals surface area (Å²) in [5.41, 5.74) is -0.457. The number of carbonyl (C=O) groups is 1. The van der Waals surface area contributed by atoms with Crippen LogP contribution in [0.3, 0.4) is 0 Å². The zero-order chi connectivity index (χ0) is 7.98. The zero-order valence-electron chi connectivity index (χ0n) is 5.53. The number of allylic oxidation sites excluding steroid dienone is 1. The van der Waals surface area contributed by atoms with Crippen LogP contribution in [0.4, 0.5) is 0 Å². The summed E-state index contributed by atoms with van der Waals surface area (Å²) in [6, 6.07) is 0. The Morgan fingerprint density at radius 2 is 2.40 bits per heavy atom. The number of hydrogen-bond acceptors (Lipinski definition) is 4. The fourth-order valence-electron chi connectivity index (χ4n) is 0.336. The molecule has 5 nitrogen and oxygen atoms in total. The van der Waals surface area contributed by atoms with Gasteiger partial charge in [0.2, 0.25) is 6.29 Å². The molecule has 0 aromatic heterocycles. The van der Waals surface area contributed by atoms with Crippen molar-refractivity contribution in [1.82, 2.24) is 5.32 Å². The number of nitro groups is 1. The Kier molecular flexibility index (Phi) is 3.86. The van der Waals surface area contributed by atoms with Crippen LogP contribution in [-0.4, -0.2) is 17.8 Å². The van der Waals surface area contributed by atoms with Crippen LogP contribution in [-0.2, 0) is 4.79 Å². The smallest absolute Gasteiger partial charge is 0.324 e. The average molecular weight is 144 g/mol. The number of carbonyl (C=O) groups excluding carboxylic acids is 1. The summed E-state index contributed by atoms with van der Waals surface area (Å²) < 4.78 is 0. The van der Waals surface area contributed by atoms with E-state index in [0.717, 1.165) is 6.20 Å². The lowest BCUT2D eigenvalue weighted by Crippen LogP contribution is -2.09. The summed E-state index contributed by atoms with van der Waals surface area (Å²) >= 11 is 0. The molecule has 0 radical (unpaired) electrons. The summed E-state index contributed by atoms with van der Waals surface area (Å²) in [6.45, 7) is 2.34. The maximum Gasteiger partial charge on any atom is 0.324 e. The van der Waals surface area contributed by atoms with Crippen LogP contribution < -0.4 is 5.32 Å². The summed E-state index contributed by atoms with van der Waals surface area (Å²) in [7, 11) is 0. The molecule has 0 spiro atoms. The number of hydrogen-bond donors (Lipinski definition) is 1. The maximum absolute atomic E-state index is 9.90. The van der Waals surface area contributed by atoms with Crippen LogP contribution in [0, 0.1) is 10.1 Å². The van der Waals surface area contributed by atoms with Crippen LogP contribution in [0.1, 0.15) is 6.92 Å². The topological polar surface area (TPSA) is 72.2 Å². The summed E-state index contributed by atoms with van der Waals surface area (Å²) in [5, 5.41) is 12.4. The molecule has 0 fully saturated rings. The van der Waals surface area contributed by atoms with Crippen LogP contribution in [0.5, 0.6) is 0 Å². The summed E-state index contributed by atoms with van der Waals surface area (Å²) in [6.07, 6.45) is 1.27. The summed E-state index contributed by atoms with van der Waals surface area (Å²) in [5.74, 6) is 0. The molecular formula is C5H8N2O3. The highest BCUT2D eigenvalue weighted by atomic mass is 16.6. The molecular weight excluding hydrogens is 136 g/mol. The van der Waals surface area contributed by atoms with E-state index in [1.54, 1.807) is 6.92 Å². The molecule has 0 rings (SSSR count). The van der Waals surface area contributed by atoms with Crippen molar-refractivity contribution >= 4 is 6.29 Å². The predicted octanol–water partition coefficient (Wildman–Crippen LogP) is -0.0871. The molecule has 0 aliphatic heterocycles. The van der Waals surface area contributed by atoms with E-state index in [1.807, 2.05) is 0 Å². The van der Waals surface area contributed by atoms with Crippen LogP contribution in [0.15, 0.2) is 11.9 Å². The van der Waals surface area contributed by atoms with Crippen molar-refractivity contribution < 1.29 is 9.72 Å². The largest absolute Gasteiger partial charge is 0.386 e. The van der Waals surface area contributed by atoms with E-state index in [4.69, 9.17) is 0 Å². The van der Waals surface area contributed by atoms with Gasteiger partial charge in [0.05, 0.1) is 11.1 Å². The highest BCUT2D eigenvalue weighted by Crippen LogP contribution is 1.85. The molecule has 0 bridgehead atoms. The highest BCUT2D eigenvalue weighted by Gasteiger charge is 2.05. The SMILES string of the molecule is CCN/C=C(\C=O)[N+](=O)[O-]. The van der Waals surface area contributed by atoms with Gasteiger partial charge in [-0.3, -0.25) is 14.9 Å². The van der Waals surface area contributed by atoms with Gasteiger partial charge < -0.3 is 5.32 Å². The van der Waals surface area contributed by atoms with Crippen LogP contribution in [0.25, 0.3) is 0 Å². The second kappa shape index (κ2) is 4.49. The Balaban J connectivity index is 4.04. The first-order valence-corrected chi connectivity index (χ1v) is 2.75. The van der Waals surface area contributed by atoms with E-state index in [-0.39, 0.29) is 6.29 Å². The predicted molar refractivity (Wildman–Crippen MR) is 34.8 cm³/mol. The third-order valence-corrected chi connectivity index (χ3v) is 0.786. The maximum atomic E-state index is 9.90. The molecule has 0 aromatic carbocycles. The number of rotatable bonds is 4. The van der Waals surface area contributed by atoms with Crippen molar-refractivity contribution in [1.29, 1.82) is 0 Å². The monoisotopic (exact) mass is 144 g/mol. The van der Waals surface area contributed by atoms with Crippen molar-refractivity contribution in [2.24, 2.45) is 0 Å². The highest BCUT2D eigenvalue weighted by molar-refractivity contribution is 5.69. The molecule has 0 saturated carbocycles. The van der Waals surface area contributed by atoms with Crippen LogP contribution >= 0.6 is 0 Å². The molecule has 10 heavy (non-hydrogen) atoms. The van der Waals surface area contributed by atoms with Gasteiger partial charge in [-0.1, -0.05) is 0 Å². The molecule has 56 valence electrons. The van der Waals surface area contributed by atoms with Crippen molar-refractivity contribution in [3.63, 3.8) is 0 Å². The minimum absolute atomic E-state index is 0.197. The van der Waals surface area contributed by atoms with Gasteiger partial charge in [0.25, 0.3) is 0 Å². The Morgan fingerprint density at radius 3 is 2.70 bits per heavy atom. The second-order valence-corrected chi connectivity index (χ2v) is 1.50. The third-order valence-electron chi connectivity index (χ3n) is 0.786. The van der Waals surface area contributed by atoms with Gasteiger partial charge in [-0.25, -0.2) is 0 Å². The molecule has 0 aromatic rings. The van der Waals surface area contributed by atoms with E-state index in [1.165, 1.54) is 0 Å². The molecule has 5 heteroatoms. The number of nitrogens with zero attached hydrogens (tertiary/aromatic N) is 1. The Bertz CT molecular complexity index is 164. The third kappa shape index (κ3) is 2.81.